The van der Waals surface area contributed by atoms with Crippen LogP contribution in [-0.4, -0.2) is 11.6 Å². The molecule has 14 heavy (non-hydrogen) atoms. The Labute approximate surface area is 89.2 Å². The normalized spacial score (nSPS) is 12.5. The monoisotopic (exact) mass is 261 g/mol. The second kappa shape index (κ2) is 4.50. The second-order valence-electron chi connectivity index (χ2n) is 3.02. The Bertz CT molecular complexity index is 357. The molecule has 0 N–H and O–H groups in total. The molecule has 1 atom stereocenters. The number of nitro groups is 1. The highest BCUT2D eigenvalue weighted by Gasteiger charge is 2.13. The molecule has 1 aromatic carbocycles. The maximum Gasteiger partial charge on any atom is 0.283 e. The summed E-state index contributed by atoms with van der Waals surface area (Å²) in [7, 11) is 0. The summed E-state index contributed by atoms with van der Waals surface area (Å²) < 4.78 is 12.7. The lowest BCUT2D eigenvalue weighted by Gasteiger charge is -2.07. The van der Waals surface area contributed by atoms with E-state index in [1.165, 1.54) is 6.07 Å². The summed E-state index contributed by atoms with van der Waals surface area (Å²) in [5.41, 5.74) is 0.754. The Morgan fingerprint density at radius 1 is 1.64 bits per heavy atom. The molecule has 1 aromatic rings. The molecule has 5 heteroatoms. The molecule has 0 saturated heterocycles. The minimum atomic E-state index is -0.478. The number of alkyl halides is 1. The zero-order valence-corrected chi connectivity index (χ0v) is 9.12. The lowest BCUT2D eigenvalue weighted by Crippen LogP contribution is -1.97. The number of halogens is 2. The summed E-state index contributed by atoms with van der Waals surface area (Å²) >= 11 is 3.08. The van der Waals surface area contributed by atoms with E-state index in [4.69, 9.17) is 0 Å². The second-order valence-corrected chi connectivity index (χ2v) is 3.88. The predicted octanol–water partition coefficient (Wildman–Crippen LogP) is 3.43. The average Bonchev–Trinajstić information content (AvgIpc) is 2.15. The first-order valence-electron chi connectivity index (χ1n) is 4.06. The van der Waals surface area contributed by atoms with Gasteiger partial charge in [-0.1, -0.05) is 13.0 Å². The molecule has 0 saturated carbocycles. The van der Waals surface area contributed by atoms with Crippen molar-refractivity contribution in [2.24, 2.45) is 0 Å². The van der Waals surface area contributed by atoms with Gasteiger partial charge in [0.25, 0.3) is 5.69 Å². The first-order chi connectivity index (χ1) is 6.56. The molecule has 0 aliphatic heterocycles. The van der Waals surface area contributed by atoms with Crippen LogP contribution < -0.4 is 0 Å². The molecule has 0 aliphatic carbocycles. The molecule has 0 fully saturated rings. The molecule has 1 unspecified atom stereocenters. The number of rotatable bonds is 3. The summed E-state index contributed by atoms with van der Waals surface area (Å²) in [6.07, 6.45) is 0. The standard InChI is InChI=1S/C9H9BrFNO2/c1-6(5-11)7-2-3-9(12(13)14)8(10)4-7/h2-4,6H,5H2,1H3. The van der Waals surface area contributed by atoms with Gasteiger partial charge in [0.15, 0.2) is 0 Å². The Morgan fingerprint density at radius 2 is 2.29 bits per heavy atom. The van der Waals surface area contributed by atoms with Crippen molar-refractivity contribution in [1.82, 2.24) is 0 Å². The van der Waals surface area contributed by atoms with Gasteiger partial charge in [-0.2, -0.15) is 0 Å². The Balaban J connectivity index is 3.06. The first kappa shape index (κ1) is 11.1. The fraction of sp³-hybridized carbons (Fsp3) is 0.333. The van der Waals surface area contributed by atoms with Crippen LogP contribution in [0.2, 0.25) is 0 Å². The van der Waals surface area contributed by atoms with Crippen LogP contribution in [0.25, 0.3) is 0 Å². The molecule has 3 nitrogen and oxygen atoms in total. The van der Waals surface area contributed by atoms with Gasteiger partial charge in [0, 0.05) is 12.0 Å². The largest absolute Gasteiger partial charge is 0.283 e. The number of hydrogen-bond acceptors (Lipinski definition) is 2. The smallest absolute Gasteiger partial charge is 0.258 e. The van der Waals surface area contributed by atoms with Gasteiger partial charge in [-0.15, -0.1) is 0 Å². The van der Waals surface area contributed by atoms with E-state index < -0.39 is 11.6 Å². The van der Waals surface area contributed by atoms with Gasteiger partial charge in [-0.25, -0.2) is 0 Å². The van der Waals surface area contributed by atoms with E-state index >= 15 is 0 Å². The van der Waals surface area contributed by atoms with Crippen molar-refractivity contribution >= 4 is 21.6 Å². The van der Waals surface area contributed by atoms with Crippen LogP contribution in [0.3, 0.4) is 0 Å². The summed E-state index contributed by atoms with van der Waals surface area (Å²) in [4.78, 5) is 10.00. The molecule has 0 bridgehead atoms. The van der Waals surface area contributed by atoms with Gasteiger partial charge >= 0.3 is 0 Å². The van der Waals surface area contributed by atoms with Crippen molar-refractivity contribution in [1.29, 1.82) is 0 Å². The lowest BCUT2D eigenvalue weighted by molar-refractivity contribution is -0.385. The van der Waals surface area contributed by atoms with Gasteiger partial charge in [-0.05, 0) is 27.6 Å². The van der Waals surface area contributed by atoms with Crippen LogP contribution in [0.4, 0.5) is 10.1 Å². The average molecular weight is 262 g/mol. The van der Waals surface area contributed by atoms with Gasteiger partial charge < -0.3 is 0 Å². The van der Waals surface area contributed by atoms with E-state index in [-0.39, 0.29) is 11.6 Å². The molecule has 0 radical (unpaired) electrons. The van der Waals surface area contributed by atoms with Gasteiger partial charge in [0.1, 0.15) is 0 Å². The molecule has 76 valence electrons. The van der Waals surface area contributed by atoms with Gasteiger partial charge in [0.05, 0.1) is 16.1 Å². The topological polar surface area (TPSA) is 43.1 Å². The highest BCUT2D eigenvalue weighted by molar-refractivity contribution is 9.10. The van der Waals surface area contributed by atoms with E-state index in [0.717, 1.165) is 5.56 Å². The fourth-order valence-corrected chi connectivity index (χ4v) is 1.61. The first-order valence-corrected chi connectivity index (χ1v) is 4.85. The third-order valence-electron chi connectivity index (χ3n) is 1.97. The number of nitrogens with zero attached hydrogens (tertiary/aromatic N) is 1. The van der Waals surface area contributed by atoms with E-state index in [9.17, 15) is 14.5 Å². The highest BCUT2D eigenvalue weighted by Crippen LogP contribution is 2.28. The molecule has 0 aliphatic rings. The third-order valence-corrected chi connectivity index (χ3v) is 2.60. The number of hydrogen-bond donors (Lipinski definition) is 0. The van der Waals surface area contributed by atoms with E-state index in [1.807, 2.05) is 0 Å². The lowest BCUT2D eigenvalue weighted by atomic mass is 10.0. The zero-order valence-electron chi connectivity index (χ0n) is 7.54. The highest BCUT2D eigenvalue weighted by atomic mass is 79.9. The van der Waals surface area contributed by atoms with Crippen molar-refractivity contribution in [2.45, 2.75) is 12.8 Å². The van der Waals surface area contributed by atoms with Crippen LogP contribution in [-0.2, 0) is 0 Å². The molecular formula is C9H9BrFNO2. The summed E-state index contributed by atoms with van der Waals surface area (Å²) in [5, 5.41) is 10.5. The maximum absolute atomic E-state index is 12.3. The predicted molar refractivity (Wildman–Crippen MR) is 55.2 cm³/mol. The van der Waals surface area contributed by atoms with Crippen LogP contribution in [0.5, 0.6) is 0 Å². The fourth-order valence-electron chi connectivity index (χ4n) is 1.07. The van der Waals surface area contributed by atoms with Crippen LogP contribution in [0.1, 0.15) is 18.4 Å². The molecule has 0 heterocycles. The van der Waals surface area contributed by atoms with Crippen LogP contribution >= 0.6 is 15.9 Å². The molecule has 0 spiro atoms. The van der Waals surface area contributed by atoms with E-state index in [1.54, 1.807) is 19.1 Å². The minimum Gasteiger partial charge on any atom is -0.258 e. The van der Waals surface area contributed by atoms with Crippen molar-refractivity contribution in [3.05, 3.63) is 38.3 Å². The van der Waals surface area contributed by atoms with Crippen molar-refractivity contribution < 1.29 is 9.31 Å². The minimum absolute atomic E-state index is 0.000178. The van der Waals surface area contributed by atoms with Gasteiger partial charge in [0.2, 0.25) is 0 Å². The SMILES string of the molecule is CC(CF)c1ccc([N+](=O)[O-])c(Br)c1. The molecule has 0 amide bonds. The number of benzene rings is 1. The Morgan fingerprint density at radius 3 is 2.71 bits per heavy atom. The quantitative estimate of drug-likeness (QED) is 0.618. The van der Waals surface area contributed by atoms with Crippen LogP contribution in [0.15, 0.2) is 22.7 Å². The van der Waals surface area contributed by atoms with Crippen molar-refractivity contribution in [3.8, 4) is 0 Å². The Kier molecular flexibility index (Phi) is 3.57. The molecule has 0 aromatic heterocycles. The van der Waals surface area contributed by atoms with Crippen molar-refractivity contribution in [3.63, 3.8) is 0 Å². The molecule has 1 rings (SSSR count). The molecular weight excluding hydrogens is 253 g/mol. The van der Waals surface area contributed by atoms with Gasteiger partial charge in [-0.3, -0.25) is 14.5 Å². The third kappa shape index (κ3) is 2.29. The summed E-state index contributed by atoms with van der Waals surface area (Å²) in [6, 6.07) is 4.54. The van der Waals surface area contributed by atoms with Crippen LogP contribution in [0, 0.1) is 10.1 Å². The number of nitro benzene ring substituents is 1. The summed E-state index contributed by atoms with van der Waals surface area (Å²) in [5.74, 6) is -0.230. The zero-order chi connectivity index (χ0) is 10.7. The Hall–Kier alpha value is -0.970. The summed E-state index contributed by atoms with van der Waals surface area (Å²) in [6.45, 7) is 1.26. The van der Waals surface area contributed by atoms with E-state index in [2.05, 4.69) is 15.9 Å². The van der Waals surface area contributed by atoms with E-state index in [0.29, 0.717) is 4.47 Å². The van der Waals surface area contributed by atoms with Crippen molar-refractivity contribution in [2.75, 3.05) is 6.67 Å². The maximum atomic E-state index is 12.3.